The number of aliphatic hydroxyl groups excluding tert-OH is 1. The van der Waals surface area contributed by atoms with Crippen molar-refractivity contribution in [1.82, 2.24) is 10.2 Å². The van der Waals surface area contributed by atoms with Crippen LogP contribution in [0.2, 0.25) is 0 Å². The maximum absolute atomic E-state index is 13.7. The molecule has 0 radical (unpaired) electrons. The van der Waals surface area contributed by atoms with Gasteiger partial charge in [-0.15, -0.1) is 0 Å². The van der Waals surface area contributed by atoms with Gasteiger partial charge in [0.1, 0.15) is 17.6 Å². The van der Waals surface area contributed by atoms with Crippen molar-refractivity contribution in [1.29, 1.82) is 0 Å². The van der Waals surface area contributed by atoms with E-state index in [9.17, 15) is 19.5 Å². The van der Waals surface area contributed by atoms with Gasteiger partial charge < -0.3 is 24.8 Å². The third kappa shape index (κ3) is 3.20. The van der Waals surface area contributed by atoms with Gasteiger partial charge in [-0.25, -0.2) is 0 Å². The van der Waals surface area contributed by atoms with Crippen LogP contribution in [0.4, 0.5) is 0 Å². The van der Waals surface area contributed by atoms with Crippen molar-refractivity contribution in [3.05, 3.63) is 0 Å². The van der Waals surface area contributed by atoms with Crippen molar-refractivity contribution in [3.63, 3.8) is 0 Å². The SMILES string of the molecule is CCOC(=O)[C@H]1[C@H]2C(=O)N([C@H](C)CO)C(C(=O)NC3CCCCC3)C23CC(C)[C@]1(C)O3. The molecule has 4 rings (SSSR count). The zero-order chi connectivity index (χ0) is 22.6. The number of rotatable bonds is 6. The van der Waals surface area contributed by atoms with E-state index in [1.807, 2.05) is 13.8 Å². The van der Waals surface area contributed by atoms with E-state index in [1.54, 1.807) is 13.8 Å². The highest BCUT2D eigenvalue weighted by Gasteiger charge is 2.80. The number of carbonyl (C=O) groups is 3. The molecule has 3 aliphatic heterocycles. The number of esters is 1. The predicted octanol–water partition coefficient (Wildman–Crippen LogP) is 1.39. The topological polar surface area (TPSA) is 105 Å². The number of amides is 2. The lowest BCUT2D eigenvalue weighted by atomic mass is 9.62. The highest BCUT2D eigenvalue weighted by Crippen LogP contribution is 2.65. The van der Waals surface area contributed by atoms with Crippen molar-refractivity contribution in [2.75, 3.05) is 13.2 Å². The first kappa shape index (κ1) is 22.5. The summed E-state index contributed by atoms with van der Waals surface area (Å²) in [6, 6.07) is -1.33. The van der Waals surface area contributed by atoms with Crippen LogP contribution in [0.3, 0.4) is 0 Å². The second kappa shape index (κ2) is 8.03. The lowest BCUT2D eigenvalue weighted by Gasteiger charge is -2.37. The molecule has 2 N–H and O–H groups in total. The molecule has 3 unspecified atom stereocenters. The molecule has 8 nitrogen and oxygen atoms in total. The average Bonchev–Trinajstić information content (AvgIpc) is 3.25. The summed E-state index contributed by atoms with van der Waals surface area (Å²) in [5.41, 5.74) is -1.94. The maximum Gasteiger partial charge on any atom is 0.312 e. The Labute approximate surface area is 184 Å². The molecule has 2 amide bonds. The first-order valence-electron chi connectivity index (χ1n) is 11.8. The Balaban J connectivity index is 1.73. The van der Waals surface area contributed by atoms with E-state index in [4.69, 9.17) is 9.47 Å². The molecule has 31 heavy (non-hydrogen) atoms. The lowest BCUT2D eigenvalue weighted by molar-refractivity contribution is -0.162. The maximum atomic E-state index is 13.7. The second-order valence-corrected chi connectivity index (χ2v) is 10.1. The number of ether oxygens (including phenoxy) is 2. The summed E-state index contributed by atoms with van der Waals surface area (Å²) in [5.74, 6) is -2.52. The van der Waals surface area contributed by atoms with Crippen molar-refractivity contribution in [2.45, 2.75) is 95.5 Å². The minimum atomic E-state index is -1.08. The van der Waals surface area contributed by atoms with Crippen LogP contribution < -0.4 is 5.32 Å². The molecule has 3 heterocycles. The summed E-state index contributed by atoms with van der Waals surface area (Å²) in [5, 5.41) is 13.0. The number of nitrogens with one attached hydrogen (secondary N) is 1. The first-order chi connectivity index (χ1) is 14.7. The number of nitrogens with zero attached hydrogens (tertiary/aromatic N) is 1. The summed E-state index contributed by atoms with van der Waals surface area (Å²) in [7, 11) is 0. The van der Waals surface area contributed by atoms with E-state index in [0.29, 0.717) is 6.42 Å². The fourth-order valence-electron chi connectivity index (χ4n) is 6.66. The highest BCUT2D eigenvalue weighted by molar-refractivity contribution is 5.98. The van der Waals surface area contributed by atoms with Gasteiger partial charge in [-0.2, -0.15) is 0 Å². The Hall–Kier alpha value is -1.67. The molecule has 1 saturated carbocycles. The molecule has 4 fully saturated rings. The van der Waals surface area contributed by atoms with Crippen LogP contribution >= 0.6 is 0 Å². The fourth-order valence-corrected chi connectivity index (χ4v) is 6.66. The summed E-state index contributed by atoms with van der Waals surface area (Å²) in [4.78, 5) is 41.8. The number of aliphatic hydroxyl groups is 1. The standard InChI is InChI=1S/C23H36N2O6/c1-5-30-21(29)17-16-20(28)25(14(3)12-26)18(19(27)24-15-9-7-6-8-10-15)23(16)11-13(2)22(17,4)31-23/h13-18,26H,5-12H2,1-4H3,(H,24,27)/t13?,14-,16+,17-,18?,22+,23?/m1/s1. The van der Waals surface area contributed by atoms with Gasteiger partial charge >= 0.3 is 5.97 Å². The Morgan fingerprint density at radius 2 is 2.00 bits per heavy atom. The van der Waals surface area contributed by atoms with E-state index < -0.39 is 41.1 Å². The zero-order valence-corrected chi connectivity index (χ0v) is 19.1. The van der Waals surface area contributed by atoms with Crippen LogP contribution in [-0.4, -0.2) is 70.3 Å². The van der Waals surface area contributed by atoms with Crippen LogP contribution in [0.5, 0.6) is 0 Å². The molecule has 1 spiro atoms. The Bertz CT molecular complexity index is 752. The quantitative estimate of drug-likeness (QED) is 0.610. The molecule has 0 aromatic heterocycles. The number of fused-ring (bicyclic) bond motifs is 1. The van der Waals surface area contributed by atoms with E-state index in [2.05, 4.69) is 5.32 Å². The van der Waals surface area contributed by atoms with E-state index in [1.165, 1.54) is 11.3 Å². The summed E-state index contributed by atoms with van der Waals surface area (Å²) >= 11 is 0. The van der Waals surface area contributed by atoms with Crippen LogP contribution in [0, 0.1) is 17.8 Å². The molecule has 4 aliphatic rings. The third-order valence-corrected chi connectivity index (χ3v) is 8.23. The minimum absolute atomic E-state index is 0.0136. The summed E-state index contributed by atoms with van der Waals surface area (Å²) < 4.78 is 11.9. The van der Waals surface area contributed by atoms with E-state index in [0.717, 1.165) is 25.7 Å². The Morgan fingerprint density at radius 3 is 2.61 bits per heavy atom. The van der Waals surface area contributed by atoms with E-state index in [-0.39, 0.29) is 37.0 Å². The molecule has 8 heteroatoms. The molecule has 0 aromatic carbocycles. The van der Waals surface area contributed by atoms with Crippen molar-refractivity contribution < 1.29 is 29.0 Å². The average molecular weight is 437 g/mol. The fraction of sp³-hybridized carbons (Fsp3) is 0.870. The molecular weight excluding hydrogens is 400 g/mol. The monoisotopic (exact) mass is 436 g/mol. The van der Waals surface area contributed by atoms with Crippen LogP contribution in [-0.2, 0) is 23.9 Å². The first-order valence-corrected chi connectivity index (χ1v) is 11.8. The van der Waals surface area contributed by atoms with Gasteiger partial charge in [-0.05, 0) is 46.0 Å². The molecule has 1 aliphatic carbocycles. The molecule has 174 valence electrons. The molecule has 2 bridgehead atoms. The van der Waals surface area contributed by atoms with Crippen molar-refractivity contribution in [3.8, 4) is 0 Å². The smallest absolute Gasteiger partial charge is 0.312 e. The van der Waals surface area contributed by atoms with Gasteiger partial charge in [0, 0.05) is 6.04 Å². The Kier molecular flexibility index (Phi) is 5.83. The minimum Gasteiger partial charge on any atom is -0.466 e. The van der Waals surface area contributed by atoms with Gasteiger partial charge in [0.15, 0.2) is 0 Å². The van der Waals surface area contributed by atoms with Crippen molar-refractivity contribution >= 4 is 17.8 Å². The lowest BCUT2D eigenvalue weighted by Crippen LogP contribution is -2.59. The third-order valence-electron chi connectivity index (χ3n) is 8.23. The molecule has 3 saturated heterocycles. The summed E-state index contributed by atoms with van der Waals surface area (Å²) in [6.07, 6.45) is 5.71. The largest absolute Gasteiger partial charge is 0.466 e. The van der Waals surface area contributed by atoms with Gasteiger partial charge in [-0.1, -0.05) is 26.2 Å². The Morgan fingerprint density at radius 1 is 1.32 bits per heavy atom. The number of hydrogen-bond donors (Lipinski definition) is 2. The second-order valence-electron chi connectivity index (χ2n) is 10.1. The number of carbonyl (C=O) groups excluding carboxylic acids is 3. The predicted molar refractivity (Wildman–Crippen MR) is 112 cm³/mol. The van der Waals surface area contributed by atoms with Gasteiger partial charge in [-0.3, -0.25) is 14.4 Å². The van der Waals surface area contributed by atoms with Crippen LogP contribution in [0.25, 0.3) is 0 Å². The van der Waals surface area contributed by atoms with E-state index >= 15 is 0 Å². The highest BCUT2D eigenvalue weighted by atomic mass is 16.6. The molecule has 7 atom stereocenters. The number of likely N-dealkylation sites (tertiary alicyclic amines) is 1. The van der Waals surface area contributed by atoms with Crippen molar-refractivity contribution in [2.24, 2.45) is 17.8 Å². The van der Waals surface area contributed by atoms with Gasteiger partial charge in [0.05, 0.1) is 30.8 Å². The summed E-state index contributed by atoms with van der Waals surface area (Å²) in [6.45, 7) is 7.30. The zero-order valence-electron chi connectivity index (χ0n) is 19.1. The number of hydrogen-bond acceptors (Lipinski definition) is 6. The van der Waals surface area contributed by atoms with Crippen LogP contribution in [0.15, 0.2) is 0 Å². The molecular formula is C23H36N2O6. The molecule has 0 aromatic rings. The van der Waals surface area contributed by atoms with Gasteiger partial charge in [0.2, 0.25) is 11.8 Å². The van der Waals surface area contributed by atoms with Crippen LogP contribution in [0.1, 0.15) is 66.2 Å². The normalized spacial score (nSPS) is 40.7. The van der Waals surface area contributed by atoms with Gasteiger partial charge in [0.25, 0.3) is 0 Å².